The normalized spacial score (nSPS) is 9.92. The summed E-state index contributed by atoms with van der Waals surface area (Å²) >= 11 is 0. The van der Waals surface area contributed by atoms with E-state index in [-0.39, 0.29) is 0 Å². The van der Waals surface area contributed by atoms with Crippen LogP contribution in [0.3, 0.4) is 0 Å². The second-order valence-corrected chi connectivity index (χ2v) is 2.39. The van der Waals surface area contributed by atoms with Crippen LogP contribution in [0.2, 0.25) is 0 Å². The Bertz CT molecular complexity index is 308. The number of ether oxygens (including phenoxy) is 1. The maximum absolute atomic E-state index is 9.93. The van der Waals surface area contributed by atoms with Crippen molar-refractivity contribution >= 4 is 12.5 Å². The van der Waals surface area contributed by atoms with E-state index in [1.807, 2.05) is 24.3 Å². The van der Waals surface area contributed by atoms with Crippen LogP contribution in [0, 0.1) is 0 Å². The van der Waals surface area contributed by atoms with Gasteiger partial charge in [0.1, 0.15) is 5.75 Å². The summed E-state index contributed by atoms with van der Waals surface area (Å²) in [7, 11) is 1.62. The number of carbonyl (C=O) groups excluding carboxylic acids is 1. The number of benzene rings is 1. The van der Waals surface area contributed by atoms with E-state index in [2.05, 4.69) is 5.32 Å². The van der Waals surface area contributed by atoms with Gasteiger partial charge in [0.2, 0.25) is 6.41 Å². The number of carbonyl (C=O) groups is 1. The molecule has 13 heavy (non-hydrogen) atoms. The highest BCUT2D eigenvalue weighted by Crippen LogP contribution is 2.12. The molecule has 1 amide bonds. The van der Waals surface area contributed by atoms with Gasteiger partial charge in [-0.1, -0.05) is 12.1 Å². The van der Waals surface area contributed by atoms with Gasteiger partial charge in [0.05, 0.1) is 7.11 Å². The van der Waals surface area contributed by atoms with Gasteiger partial charge in [-0.25, -0.2) is 0 Å². The molecule has 1 aromatic carbocycles. The molecule has 1 N–H and O–H groups in total. The van der Waals surface area contributed by atoms with Crippen molar-refractivity contribution in [2.24, 2.45) is 0 Å². The van der Waals surface area contributed by atoms with Crippen molar-refractivity contribution < 1.29 is 9.53 Å². The highest BCUT2D eigenvalue weighted by molar-refractivity contribution is 5.56. The SMILES string of the molecule is COc1cccc(C=CNC=O)c1. The van der Waals surface area contributed by atoms with Gasteiger partial charge < -0.3 is 10.1 Å². The Morgan fingerprint density at radius 1 is 1.46 bits per heavy atom. The molecule has 0 aliphatic rings. The van der Waals surface area contributed by atoms with E-state index in [0.29, 0.717) is 6.41 Å². The monoisotopic (exact) mass is 177 g/mol. The highest BCUT2D eigenvalue weighted by atomic mass is 16.5. The molecule has 0 unspecified atom stereocenters. The molecule has 68 valence electrons. The first-order chi connectivity index (χ1) is 6.36. The van der Waals surface area contributed by atoms with E-state index < -0.39 is 0 Å². The van der Waals surface area contributed by atoms with Crippen molar-refractivity contribution in [2.75, 3.05) is 7.11 Å². The summed E-state index contributed by atoms with van der Waals surface area (Å²) in [5.74, 6) is 0.799. The molecule has 0 fully saturated rings. The summed E-state index contributed by atoms with van der Waals surface area (Å²) in [5.41, 5.74) is 0.980. The van der Waals surface area contributed by atoms with Crippen LogP contribution in [0.25, 0.3) is 6.08 Å². The number of hydrogen-bond acceptors (Lipinski definition) is 2. The molecular weight excluding hydrogens is 166 g/mol. The fourth-order valence-electron chi connectivity index (χ4n) is 0.929. The summed E-state index contributed by atoms with van der Waals surface area (Å²) in [5, 5.41) is 2.43. The van der Waals surface area contributed by atoms with Crippen LogP contribution in [0.4, 0.5) is 0 Å². The van der Waals surface area contributed by atoms with Crippen molar-refractivity contribution in [1.29, 1.82) is 0 Å². The van der Waals surface area contributed by atoms with E-state index >= 15 is 0 Å². The summed E-state index contributed by atoms with van der Waals surface area (Å²) in [6, 6.07) is 7.55. The van der Waals surface area contributed by atoms with Crippen molar-refractivity contribution in [1.82, 2.24) is 5.32 Å². The third-order valence-electron chi connectivity index (χ3n) is 1.53. The predicted molar refractivity (Wildman–Crippen MR) is 51.2 cm³/mol. The minimum absolute atomic E-state index is 0.622. The molecule has 3 heteroatoms. The van der Waals surface area contributed by atoms with Crippen LogP contribution in [0.5, 0.6) is 5.75 Å². The number of amides is 1. The molecule has 3 nitrogen and oxygen atoms in total. The van der Waals surface area contributed by atoms with Crippen molar-refractivity contribution in [2.45, 2.75) is 0 Å². The van der Waals surface area contributed by atoms with Crippen molar-refractivity contribution in [3.63, 3.8) is 0 Å². The molecular formula is C10H11NO2. The quantitative estimate of drug-likeness (QED) is 0.706. The fraction of sp³-hybridized carbons (Fsp3) is 0.100. The Labute approximate surface area is 77.0 Å². The lowest BCUT2D eigenvalue weighted by atomic mass is 10.2. The van der Waals surface area contributed by atoms with E-state index in [1.54, 1.807) is 19.4 Å². The van der Waals surface area contributed by atoms with Crippen molar-refractivity contribution in [3.8, 4) is 5.75 Å². The predicted octanol–water partition coefficient (Wildman–Crippen LogP) is 1.41. The first kappa shape index (κ1) is 9.32. The molecule has 0 spiro atoms. The first-order valence-electron chi connectivity index (χ1n) is 3.87. The Morgan fingerprint density at radius 2 is 2.31 bits per heavy atom. The molecule has 0 saturated carbocycles. The maximum Gasteiger partial charge on any atom is 0.211 e. The summed E-state index contributed by atoms with van der Waals surface area (Å²) < 4.78 is 5.04. The van der Waals surface area contributed by atoms with Gasteiger partial charge in [-0.3, -0.25) is 4.79 Å². The number of hydrogen-bond donors (Lipinski definition) is 1. The Morgan fingerprint density at radius 3 is 3.00 bits per heavy atom. The van der Waals surface area contributed by atoms with E-state index in [9.17, 15) is 4.79 Å². The van der Waals surface area contributed by atoms with Gasteiger partial charge >= 0.3 is 0 Å². The zero-order valence-corrected chi connectivity index (χ0v) is 7.36. The zero-order chi connectivity index (χ0) is 9.52. The van der Waals surface area contributed by atoms with E-state index in [1.165, 1.54) is 0 Å². The van der Waals surface area contributed by atoms with Crippen molar-refractivity contribution in [3.05, 3.63) is 36.0 Å². The summed E-state index contributed by atoms with van der Waals surface area (Å²) in [6.45, 7) is 0. The van der Waals surface area contributed by atoms with Gasteiger partial charge in [-0.05, 0) is 23.8 Å². The number of methoxy groups -OCH3 is 1. The summed E-state index contributed by atoms with van der Waals surface area (Å²) in [6.07, 6.45) is 3.98. The standard InChI is InChI=1S/C10H11NO2/c1-13-10-4-2-3-9(7-10)5-6-11-8-12/h2-8H,1H3,(H,11,12). The maximum atomic E-state index is 9.93. The molecule has 0 heterocycles. The minimum atomic E-state index is 0.622. The number of rotatable bonds is 4. The van der Waals surface area contributed by atoms with Gasteiger partial charge in [0, 0.05) is 6.20 Å². The van der Waals surface area contributed by atoms with Gasteiger partial charge in [0.25, 0.3) is 0 Å². The van der Waals surface area contributed by atoms with Crippen LogP contribution in [-0.2, 0) is 4.79 Å². The molecule has 0 aliphatic carbocycles. The molecule has 0 atom stereocenters. The summed E-state index contributed by atoms with van der Waals surface area (Å²) in [4.78, 5) is 9.93. The molecule has 0 bridgehead atoms. The van der Waals surface area contributed by atoms with Crippen LogP contribution < -0.4 is 10.1 Å². The van der Waals surface area contributed by atoms with E-state index in [0.717, 1.165) is 11.3 Å². The van der Waals surface area contributed by atoms with Gasteiger partial charge in [-0.15, -0.1) is 0 Å². The van der Waals surface area contributed by atoms with Gasteiger partial charge in [0.15, 0.2) is 0 Å². The molecule has 0 radical (unpaired) electrons. The second-order valence-electron chi connectivity index (χ2n) is 2.39. The lowest BCUT2D eigenvalue weighted by Gasteiger charge is -1.99. The van der Waals surface area contributed by atoms with Gasteiger partial charge in [-0.2, -0.15) is 0 Å². The van der Waals surface area contributed by atoms with Crippen LogP contribution in [-0.4, -0.2) is 13.5 Å². The van der Waals surface area contributed by atoms with Crippen LogP contribution in [0.1, 0.15) is 5.56 Å². The fourth-order valence-corrected chi connectivity index (χ4v) is 0.929. The Hall–Kier alpha value is -1.77. The Balaban J connectivity index is 2.71. The molecule has 1 rings (SSSR count). The smallest absolute Gasteiger partial charge is 0.211 e. The van der Waals surface area contributed by atoms with Crippen LogP contribution >= 0.6 is 0 Å². The lowest BCUT2D eigenvalue weighted by Crippen LogP contribution is -1.97. The largest absolute Gasteiger partial charge is 0.497 e. The highest BCUT2D eigenvalue weighted by Gasteiger charge is 1.90. The lowest BCUT2D eigenvalue weighted by molar-refractivity contribution is -0.108. The molecule has 0 aromatic heterocycles. The Kier molecular flexibility index (Phi) is 3.57. The molecule has 0 aliphatic heterocycles. The molecule has 0 saturated heterocycles. The average molecular weight is 177 g/mol. The topological polar surface area (TPSA) is 38.3 Å². The van der Waals surface area contributed by atoms with Crippen LogP contribution in [0.15, 0.2) is 30.5 Å². The second kappa shape index (κ2) is 4.98. The third-order valence-corrected chi connectivity index (χ3v) is 1.53. The minimum Gasteiger partial charge on any atom is -0.497 e. The first-order valence-corrected chi connectivity index (χ1v) is 3.87. The number of nitrogens with one attached hydrogen (secondary N) is 1. The molecule has 1 aromatic rings. The third kappa shape index (κ3) is 2.99. The zero-order valence-electron chi connectivity index (χ0n) is 7.36. The average Bonchev–Trinajstić information content (AvgIpc) is 2.19. The van der Waals surface area contributed by atoms with E-state index in [4.69, 9.17) is 4.74 Å².